The molecule has 9 heavy (non-hydrogen) atoms. The Kier molecular flexibility index (Phi) is 4.46. The van der Waals surface area contributed by atoms with Crippen molar-refractivity contribution in [2.24, 2.45) is 0 Å². The summed E-state index contributed by atoms with van der Waals surface area (Å²) in [5, 5.41) is 0. The van der Waals surface area contributed by atoms with Crippen LogP contribution in [0, 0.1) is 6.07 Å². The minimum Gasteiger partial charge on any atom is -0.304 e. The Hall–Kier alpha value is -0.266. The molecule has 0 N–H and O–H groups in total. The first-order valence-corrected chi connectivity index (χ1v) is 2.74. The number of pyridine rings is 1. The maximum absolute atomic E-state index is 3.84. The molecule has 0 fully saturated rings. The maximum atomic E-state index is 3.84. The maximum Gasteiger partial charge on any atom is 2.00 e. The zero-order valence-corrected chi connectivity index (χ0v) is 6.73. The zero-order chi connectivity index (χ0) is 5.82. The van der Waals surface area contributed by atoms with Gasteiger partial charge in [0.25, 0.3) is 0 Å². The first kappa shape index (κ1) is 8.73. The van der Waals surface area contributed by atoms with Crippen LogP contribution in [0.2, 0.25) is 0 Å². The molecule has 1 rings (SSSR count). The third kappa shape index (κ3) is 2.68. The van der Waals surface area contributed by atoms with Crippen LogP contribution in [-0.4, -0.2) is 4.98 Å². The number of hydrogen-bond donors (Lipinski definition) is 0. The van der Waals surface area contributed by atoms with Crippen LogP contribution >= 0.6 is 0 Å². The van der Waals surface area contributed by atoms with Gasteiger partial charge in [0, 0.05) is 0 Å². The first-order chi connectivity index (χ1) is 3.93. The topological polar surface area (TPSA) is 12.9 Å². The molecule has 0 amide bonds. The van der Waals surface area contributed by atoms with E-state index in [4.69, 9.17) is 0 Å². The van der Waals surface area contributed by atoms with Gasteiger partial charge in [-0.05, 0) is 0 Å². The van der Waals surface area contributed by atoms with Crippen molar-refractivity contribution >= 4 is 0 Å². The van der Waals surface area contributed by atoms with E-state index in [-0.39, 0.29) is 18.6 Å². The van der Waals surface area contributed by atoms with Crippen LogP contribution in [0.25, 0.3) is 0 Å². The van der Waals surface area contributed by atoms with E-state index in [1.807, 2.05) is 6.07 Å². The third-order valence-corrected chi connectivity index (χ3v) is 1.07. The molecular formula is C7H8NV+. The molecule has 0 aliphatic heterocycles. The van der Waals surface area contributed by atoms with Crippen molar-refractivity contribution < 1.29 is 18.6 Å². The van der Waals surface area contributed by atoms with Crippen molar-refractivity contribution in [1.29, 1.82) is 0 Å². The van der Waals surface area contributed by atoms with Crippen LogP contribution < -0.4 is 0 Å². The Balaban J connectivity index is 0.000000640. The zero-order valence-electron chi connectivity index (χ0n) is 5.33. The van der Waals surface area contributed by atoms with Gasteiger partial charge in [-0.25, -0.2) is 11.6 Å². The fraction of sp³-hybridized carbons (Fsp3) is 0.286. The van der Waals surface area contributed by atoms with Crippen molar-refractivity contribution in [3.8, 4) is 0 Å². The van der Waals surface area contributed by atoms with Crippen LogP contribution in [0.4, 0.5) is 0 Å². The molecule has 1 radical (unpaired) electrons. The van der Waals surface area contributed by atoms with E-state index in [0.717, 1.165) is 6.42 Å². The summed E-state index contributed by atoms with van der Waals surface area (Å²) in [7, 11) is 0. The van der Waals surface area contributed by atoms with Crippen molar-refractivity contribution in [1.82, 2.24) is 4.98 Å². The Morgan fingerprint density at radius 1 is 1.67 bits per heavy atom. The van der Waals surface area contributed by atoms with Gasteiger partial charge in [0.2, 0.25) is 0 Å². The largest absolute Gasteiger partial charge is 2.00 e. The van der Waals surface area contributed by atoms with Crippen molar-refractivity contribution in [2.75, 3.05) is 0 Å². The summed E-state index contributed by atoms with van der Waals surface area (Å²) in [4.78, 5) is 3.84. The summed E-state index contributed by atoms with van der Waals surface area (Å²) >= 11 is 0. The Morgan fingerprint density at radius 3 is 2.78 bits per heavy atom. The molecule has 2 heteroatoms. The molecule has 0 aromatic carbocycles. The van der Waals surface area contributed by atoms with Crippen LogP contribution in [-0.2, 0) is 25.0 Å². The number of hydrogen-bond acceptors (Lipinski definition) is 1. The van der Waals surface area contributed by atoms with E-state index in [2.05, 4.69) is 18.0 Å². The second-order valence-electron chi connectivity index (χ2n) is 1.62. The molecule has 1 nitrogen and oxygen atoms in total. The predicted octanol–water partition coefficient (Wildman–Crippen LogP) is 1.44. The smallest absolute Gasteiger partial charge is 0.304 e. The Bertz CT molecular complexity index is 150. The van der Waals surface area contributed by atoms with E-state index >= 15 is 0 Å². The monoisotopic (exact) mass is 157 g/mol. The second-order valence-corrected chi connectivity index (χ2v) is 1.62. The van der Waals surface area contributed by atoms with Gasteiger partial charge in [0.15, 0.2) is 0 Å². The summed E-state index contributed by atoms with van der Waals surface area (Å²) < 4.78 is 0. The molecule has 0 saturated heterocycles. The van der Waals surface area contributed by atoms with Crippen molar-refractivity contribution in [3.63, 3.8) is 0 Å². The predicted molar refractivity (Wildman–Crippen MR) is 32.5 cm³/mol. The number of rotatable bonds is 1. The van der Waals surface area contributed by atoms with Gasteiger partial charge in [-0.3, -0.25) is 0 Å². The van der Waals surface area contributed by atoms with E-state index in [0.29, 0.717) is 0 Å². The minimum absolute atomic E-state index is 0. The molecule has 0 aliphatic carbocycles. The van der Waals surface area contributed by atoms with Gasteiger partial charge < -0.3 is 4.98 Å². The molecule has 1 aromatic rings. The van der Waals surface area contributed by atoms with E-state index in [9.17, 15) is 0 Å². The molecule has 0 unspecified atom stereocenters. The fourth-order valence-corrected chi connectivity index (χ4v) is 0.564. The van der Waals surface area contributed by atoms with Crippen LogP contribution in [0.5, 0.6) is 0 Å². The van der Waals surface area contributed by atoms with E-state index in [1.54, 1.807) is 12.4 Å². The standard InChI is InChI=1S/C7H8N.V/c1-2-7-3-5-8-6-4-7;/h3,5-6H,2H2,1H3;/q-1;+2. The van der Waals surface area contributed by atoms with Crippen molar-refractivity contribution in [2.45, 2.75) is 13.3 Å². The van der Waals surface area contributed by atoms with Gasteiger partial charge >= 0.3 is 18.6 Å². The molecule has 0 saturated carbocycles. The summed E-state index contributed by atoms with van der Waals surface area (Å²) in [6.07, 6.45) is 4.52. The van der Waals surface area contributed by atoms with Gasteiger partial charge in [-0.1, -0.05) is 25.7 Å². The van der Waals surface area contributed by atoms with Crippen LogP contribution in [0.3, 0.4) is 0 Å². The molecule has 0 aliphatic rings. The van der Waals surface area contributed by atoms with E-state index < -0.39 is 0 Å². The van der Waals surface area contributed by atoms with Crippen LogP contribution in [0.1, 0.15) is 12.5 Å². The van der Waals surface area contributed by atoms with Gasteiger partial charge in [0.1, 0.15) is 0 Å². The van der Waals surface area contributed by atoms with Gasteiger partial charge in [-0.15, -0.1) is 0 Å². The summed E-state index contributed by atoms with van der Waals surface area (Å²) in [6.45, 7) is 2.10. The van der Waals surface area contributed by atoms with E-state index in [1.165, 1.54) is 5.56 Å². The number of aromatic nitrogens is 1. The second kappa shape index (κ2) is 4.60. The average Bonchev–Trinajstić information content (AvgIpc) is 1.90. The molecule has 45 valence electrons. The molecule has 1 aromatic heterocycles. The first-order valence-electron chi connectivity index (χ1n) is 2.74. The average molecular weight is 157 g/mol. The molecule has 0 bridgehead atoms. The summed E-state index contributed by atoms with van der Waals surface area (Å²) in [6, 6.07) is 4.98. The Labute approximate surface area is 67.4 Å². The summed E-state index contributed by atoms with van der Waals surface area (Å²) in [5.41, 5.74) is 1.22. The normalized spacial score (nSPS) is 8.11. The number of nitrogens with zero attached hydrogens (tertiary/aromatic N) is 1. The van der Waals surface area contributed by atoms with Crippen LogP contribution in [0.15, 0.2) is 18.5 Å². The quantitative estimate of drug-likeness (QED) is 0.562. The number of aryl methyl sites for hydroxylation is 1. The SMILES string of the molecule is CCc1[c-]cncc1.[V+2]. The fourth-order valence-electron chi connectivity index (χ4n) is 0.564. The van der Waals surface area contributed by atoms with Gasteiger partial charge in [-0.2, -0.15) is 6.07 Å². The molecule has 1 heterocycles. The van der Waals surface area contributed by atoms with Crippen molar-refractivity contribution in [3.05, 3.63) is 30.1 Å². The Morgan fingerprint density at radius 2 is 2.44 bits per heavy atom. The third-order valence-electron chi connectivity index (χ3n) is 1.07. The summed E-state index contributed by atoms with van der Waals surface area (Å²) in [5.74, 6) is 0. The molecule has 0 atom stereocenters. The molecule has 0 spiro atoms. The minimum atomic E-state index is 0. The molecular weight excluding hydrogens is 149 g/mol. The van der Waals surface area contributed by atoms with Gasteiger partial charge in [0.05, 0.1) is 0 Å².